The van der Waals surface area contributed by atoms with Crippen LogP contribution in [0.4, 0.5) is 0 Å². The van der Waals surface area contributed by atoms with E-state index in [4.69, 9.17) is 5.26 Å². The maximum absolute atomic E-state index is 11.4. The summed E-state index contributed by atoms with van der Waals surface area (Å²) in [6.45, 7) is 6.66. The fraction of sp³-hybridized carbons (Fsp3) is 0.833. The lowest BCUT2D eigenvalue weighted by molar-refractivity contribution is -0.121. The topological polar surface area (TPSA) is 56.1 Å². The average molecular weight is 223 g/mol. The zero-order chi connectivity index (χ0) is 12.0. The first-order chi connectivity index (χ1) is 7.61. The summed E-state index contributed by atoms with van der Waals surface area (Å²) < 4.78 is 0. The molecule has 1 saturated heterocycles. The van der Waals surface area contributed by atoms with Crippen molar-refractivity contribution < 1.29 is 4.79 Å². The molecule has 0 atom stereocenters. The number of hydrogen-bond donors (Lipinski definition) is 1. The van der Waals surface area contributed by atoms with Crippen molar-refractivity contribution in [3.63, 3.8) is 0 Å². The summed E-state index contributed by atoms with van der Waals surface area (Å²) >= 11 is 0. The first kappa shape index (κ1) is 13.0. The number of piperidine rings is 1. The van der Waals surface area contributed by atoms with E-state index in [0.717, 1.165) is 32.5 Å². The van der Waals surface area contributed by atoms with Crippen molar-refractivity contribution in [2.45, 2.75) is 39.2 Å². The Labute approximate surface area is 97.6 Å². The number of nitrogens with one attached hydrogen (secondary N) is 1. The standard InChI is InChI=1S/C12H21N3O/c1-10(2)14-12(16)5-8-15-6-3-11(9-13)4-7-15/h10-11H,3-8H2,1-2H3,(H,14,16). The predicted molar refractivity (Wildman–Crippen MR) is 62.7 cm³/mol. The lowest BCUT2D eigenvalue weighted by Crippen LogP contribution is -2.37. The number of carbonyl (C=O) groups is 1. The zero-order valence-electron chi connectivity index (χ0n) is 10.2. The first-order valence-electron chi connectivity index (χ1n) is 6.03. The largest absolute Gasteiger partial charge is 0.354 e. The van der Waals surface area contributed by atoms with Gasteiger partial charge in [0.2, 0.25) is 5.91 Å². The highest BCUT2D eigenvalue weighted by atomic mass is 16.1. The van der Waals surface area contributed by atoms with Gasteiger partial charge >= 0.3 is 0 Å². The molecule has 4 nitrogen and oxygen atoms in total. The second-order valence-corrected chi connectivity index (χ2v) is 4.72. The zero-order valence-corrected chi connectivity index (χ0v) is 10.2. The minimum absolute atomic E-state index is 0.123. The Morgan fingerprint density at radius 1 is 1.50 bits per heavy atom. The van der Waals surface area contributed by atoms with Crippen LogP contribution in [0.5, 0.6) is 0 Å². The fourth-order valence-electron chi connectivity index (χ4n) is 1.94. The van der Waals surface area contributed by atoms with Crippen LogP contribution in [0.15, 0.2) is 0 Å². The van der Waals surface area contributed by atoms with Crippen molar-refractivity contribution in [3.8, 4) is 6.07 Å². The molecule has 0 spiro atoms. The van der Waals surface area contributed by atoms with Crippen LogP contribution >= 0.6 is 0 Å². The molecule has 1 heterocycles. The van der Waals surface area contributed by atoms with E-state index in [1.54, 1.807) is 0 Å². The van der Waals surface area contributed by atoms with Gasteiger partial charge in [0, 0.05) is 24.9 Å². The van der Waals surface area contributed by atoms with Gasteiger partial charge in [-0.1, -0.05) is 0 Å². The number of nitriles is 1. The van der Waals surface area contributed by atoms with Crippen LogP contribution in [-0.4, -0.2) is 36.5 Å². The Kier molecular flexibility index (Phi) is 5.27. The predicted octanol–water partition coefficient (Wildman–Crippen LogP) is 1.14. The molecule has 1 rings (SSSR count). The summed E-state index contributed by atoms with van der Waals surface area (Å²) in [6, 6.07) is 2.53. The van der Waals surface area contributed by atoms with Crippen LogP contribution in [0.2, 0.25) is 0 Å². The van der Waals surface area contributed by atoms with E-state index in [-0.39, 0.29) is 17.9 Å². The van der Waals surface area contributed by atoms with E-state index in [9.17, 15) is 4.79 Å². The maximum Gasteiger partial charge on any atom is 0.221 e. The van der Waals surface area contributed by atoms with Crippen LogP contribution in [0.3, 0.4) is 0 Å². The molecule has 1 aliphatic rings. The van der Waals surface area contributed by atoms with E-state index in [1.165, 1.54) is 0 Å². The van der Waals surface area contributed by atoms with Crippen molar-refractivity contribution in [3.05, 3.63) is 0 Å². The molecule has 1 aliphatic heterocycles. The maximum atomic E-state index is 11.4. The number of rotatable bonds is 4. The number of carbonyl (C=O) groups excluding carboxylic acids is 1. The highest BCUT2D eigenvalue weighted by molar-refractivity contribution is 5.76. The smallest absolute Gasteiger partial charge is 0.221 e. The molecule has 0 aromatic carbocycles. The van der Waals surface area contributed by atoms with Gasteiger partial charge < -0.3 is 10.2 Å². The molecule has 0 bridgehead atoms. The summed E-state index contributed by atoms with van der Waals surface area (Å²) in [5, 5.41) is 11.6. The summed E-state index contributed by atoms with van der Waals surface area (Å²) in [7, 11) is 0. The van der Waals surface area contributed by atoms with Crippen molar-refractivity contribution >= 4 is 5.91 Å². The van der Waals surface area contributed by atoms with E-state index in [0.29, 0.717) is 6.42 Å². The van der Waals surface area contributed by atoms with Crippen molar-refractivity contribution in [1.82, 2.24) is 10.2 Å². The molecule has 0 unspecified atom stereocenters. The second kappa shape index (κ2) is 6.49. The number of amides is 1. The average Bonchev–Trinajstić information content (AvgIpc) is 2.26. The third kappa shape index (κ3) is 4.63. The molecule has 4 heteroatoms. The van der Waals surface area contributed by atoms with Gasteiger partial charge in [-0.05, 0) is 39.8 Å². The van der Waals surface area contributed by atoms with Gasteiger partial charge in [-0.15, -0.1) is 0 Å². The monoisotopic (exact) mass is 223 g/mol. The highest BCUT2D eigenvalue weighted by Crippen LogP contribution is 2.15. The fourth-order valence-corrected chi connectivity index (χ4v) is 1.94. The van der Waals surface area contributed by atoms with Crippen LogP contribution in [0.1, 0.15) is 33.1 Å². The Balaban J connectivity index is 2.15. The van der Waals surface area contributed by atoms with Gasteiger partial charge in [0.15, 0.2) is 0 Å². The molecule has 90 valence electrons. The molecule has 0 aromatic rings. The van der Waals surface area contributed by atoms with Crippen molar-refractivity contribution in [1.29, 1.82) is 5.26 Å². The molecule has 1 amide bonds. The quantitative estimate of drug-likeness (QED) is 0.777. The molecule has 0 aromatic heterocycles. The SMILES string of the molecule is CC(C)NC(=O)CCN1CCC(C#N)CC1. The first-order valence-corrected chi connectivity index (χ1v) is 6.03. The molecule has 1 N–H and O–H groups in total. The van der Waals surface area contributed by atoms with Crippen LogP contribution < -0.4 is 5.32 Å². The molecular formula is C12H21N3O. The van der Waals surface area contributed by atoms with E-state index in [1.807, 2.05) is 13.8 Å². The lowest BCUT2D eigenvalue weighted by atomic mass is 9.98. The summed E-state index contributed by atoms with van der Waals surface area (Å²) in [4.78, 5) is 13.7. The molecular weight excluding hydrogens is 202 g/mol. The Hall–Kier alpha value is -1.08. The van der Waals surface area contributed by atoms with Crippen molar-refractivity contribution in [2.24, 2.45) is 5.92 Å². The minimum atomic E-state index is 0.123. The van der Waals surface area contributed by atoms with Crippen LogP contribution in [-0.2, 0) is 4.79 Å². The van der Waals surface area contributed by atoms with Gasteiger partial charge in [0.05, 0.1) is 6.07 Å². The Bertz CT molecular complexity index is 262. The van der Waals surface area contributed by atoms with Crippen molar-refractivity contribution in [2.75, 3.05) is 19.6 Å². The number of likely N-dealkylation sites (tertiary alicyclic amines) is 1. The molecule has 0 aliphatic carbocycles. The Morgan fingerprint density at radius 2 is 2.12 bits per heavy atom. The van der Waals surface area contributed by atoms with Gasteiger partial charge in [-0.25, -0.2) is 0 Å². The van der Waals surface area contributed by atoms with Gasteiger partial charge in [0.25, 0.3) is 0 Å². The minimum Gasteiger partial charge on any atom is -0.354 e. The number of hydrogen-bond acceptors (Lipinski definition) is 3. The number of nitrogens with zero attached hydrogens (tertiary/aromatic N) is 2. The van der Waals surface area contributed by atoms with Crippen LogP contribution in [0, 0.1) is 17.2 Å². The van der Waals surface area contributed by atoms with E-state index in [2.05, 4.69) is 16.3 Å². The highest BCUT2D eigenvalue weighted by Gasteiger charge is 2.18. The summed E-state index contributed by atoms with van der Waals surface area (Å²) in [6.07, 6.45) is 2.46. The normalized spacial score (nSPS) is 18.4. The Morgan fingerprint density at radius 3 is 2.62 bits per heavy atom. The molecule has 1 fully saturated rings. The second-order valence-electron chi connectivity index (χ2n) is 4.72. The van der Waals surface area contributed by atoms with Gasteiger partial charge in [-0.2, -0.15) is 5.26 Å². The summed E-state index contributed by atoms with van der Waals surface area (Å²) in [5.74, 6) is 0.346. The summed E-state index contributed by atoms with van der Waals surface area (Å²) in [5.41, 5.74) is 0. The van der Waals surface area contributed by atoms with Gasteiger partial charge in [0.1, 0.15) is 0 Å². The van der Waals surface area contributed by atoms with E-state index < -0.39 is 0 Å². The third-order valence-electron chi connectivity index (χ3n) is 2.87. The molecule has 0 radical (unpaired) electrons. The third-order valence-corrected chi connectivity index (χ3v) is 2.87. The molecule has 16 heavy (non-hydrogen) atoms. The van der Waals surface area contributed by atoms with Gasteiger partial charge in [-0.3, -0.25) is 4.79 Å². The van der Waals surface area contributed by atoms with E-state index >= 15 is 0 Å². The van der Waals surface area contributed by atoms with Crippen LogP contribution in [0.25, 0.3) is 0 Å². The molecule has 0 saturated carbocycles. The lowest BCUT2D eigenvalue weighted by Gasteiger charge is -2.28.